The molecule has 5 heterocycles. The van der Waals surface area contributed by atoms with Crippen molar-refractivity contribution in [3.8, 4) is 5.75 Å². The van der Waals surface area contributed by atoms with Crippen LogP contribution in [-0.4, -0.2) is 112 Å². The van der Waals surface area contributed by atoms with E-state index in [9.17, 15) is 22.4 Å². The van der Waals surface area contributed by atoms with Gasteiger partial charge in [-0.15, -0.1) is 0 Å². The van der Waals surface area contributed by atoms with Crippen LogP contribution in [0, 0.1) is 17.5 Å². The summed E-state index contributed by atoms with van der Waals surface area (Å²) in [5.74, 6) is -2.78. The molecule has 336 valence electrons. The quantitative estimate of drug-likeness (QED) is 0.128. The van der Waals surface area contributed by atoms with Crippen molar-refractivity contribution in [2.75, 3.05) is 85.6 Å². The molecule has 0 spiro atoms. The Kier molecular flexibility index (Phi) is 13.2. The third kappa shape index (κ3) is 9.61. The highest BCUT2D eigenvalue weighted by Gasteiger charge is 2.34. The van der Waals surface area contributed by atoms with Crippen molar-refractivity contribution in [1.29, 1.82) is 0 Å². The average Bonchev–Trinajstić information content (AvgIpc) is 3.74. The number of fused-ring (bicyclic) bond motifs is 1. The van der Waals surface area contributed by atoms with Crippen LogP contribution in [0.4, 0.5) is 47.7 Å². The molecule has 0 radical (unpaired) electrons. The van der Waals surface area contributed by atoms with E-state index in [2.05, 4.69) is 75.6 Å². The average molecular weight is 955 g/mol. The van der Waals surface area contributed by atoms with E-state index in [4.69, 9.17) is 4.74 Å². The number of benzene rings is 3. The molecule has 0 aliphatic carbocycles. The number of carbonyl (C=O) groups is 2. The van der Waals surface area contributed by atoms with Gasteiger partial charge in [-0.25, -0.2) is 26.6 Å². The fourth-order valence-corrected chi connectivity index (χ4v) is 10.6. The Morgan fingerprint density at radius 2 is 1.63 bits per heavy atom. The summed E-state index contributed by atoms with van der Waals surface area (Å²) in [5.41, 5.74) is 4.22. The summed E-state index contributed by atoms with van der Waals surface area (Å²) in [7, 11) is -2.02. The predicted molar refractivity (Wildman–Crippen MR) is 239 cm³/mol. The molecule has 3 aromatic carbocycles. The lowest BCUT2D eigenvalue weighted by Crippen LogP contribution is -2.53. The number of nitrogens with one attached hydrogen (secondary N) is 3. The zero-order valence-corrected chi connectivity index (χ0v) is 37.8. The first-order valence-electron chi connectivity index (χ1n) is 21.3. The van der Waals surface area contributed by atoms with Crippen LogP contribution >= 0.6 is 15.9 Å². The molecule has 63 heavy (non-hydrogen) atoms. The van der Waals surface area contributed by atoms with E-state index in [1.54, 1.807) is 13.3 Å². The number of imide groups is 1. The van der Waals surface area contributed by atoms with Crippen molar-refractivity contribution >= 4 is 72.3 Å². The van der Waals surface area contributed by atoms with Gasteiger partial charge in [0.2, 0.25) is 27.8 Å². The summed E-state index contributed by atoms with van der Waals surface area (Å²) in [6.07, 6.45) is 6.38. The van der Waals surface area contributed by atoms with Crippen LogP contribution in [0.3, 0.4) is 0 Å². The van der Waals surface area contributed by atoms with Crippen molar-refractivity contribution in [3.63, 3.8) is 0 Å². The fraction of sp³-hybridized carbons (Fsp3) is 0.455. The molecule has 1 atom stereocenters. The molecular formula is C44H51BrF3N9O5S. The highest BCUT2D eigenvalue weighted by Crippen LogP contribution is 2.42. The topological polar surface area (TPSA) is 152 Å². The van der Waals surface area contributed by atoms with Gasteiger partial charge in [-0.2, -0.15) is 4.98 Å². The molecule has 3 N–H and O–H groups in total. The number of nitrogens with zero attached hydrogens (tertiary/aromatic N) is 6. The normalized spacial score (nSPS) is 19.0. The maximum Gasteiger partial charge on any atom is 0.234 e. The highest BCUT2D eigenvalue weighted by atomic mass is 79.9. The molecule has 4 aliphatic heterocycles. The summed E-state index contributed by atoms with van der Waals surface area (Å²) in [6.45, 7) is 8.26. The van der Waals surface area contributed by atoms with Gasteiger partial charge in [0.05, 0.1) is 40.8 Å². The number of carbonyl (C=O) groups excluding carboxylic acids is 2. The second kappa shape index (κ2) is 18.6. The Balaban J connectivity index is 0.863. The lowest BCUT2D eigenvalue weighted by molar-refractivity contribution is -0.134. The van der Waals surface area contributed by atoms with Crippen LogP contribution in [0.25, 0.3) is 0 Å². The molecule has 2 amide bonds. The first-order chi connectivity index (χ1) is 30.2. The van der Waals surface area contributed by atoms with Gasteiger partial charge in [0.25, 0.3) is 0 Å². The molecule has 4 aromatic rings. The molecule has 0 bridgehead atoms. The minimum atomic E-state index is -3.64. The molecule has 8 rings (SSSR count). The predicted octanol–water partition coefficient (Wildman–Crippen LogP) is 6.39. The second-order valence-corrected chi connectivity index (χ2v) is 19.3. The number of halogens is 4. The van der Waals surface area contributed by atoms with Crippen LogP contribution in [0.15, 0.2) is 47.1 Å². The molecule has 19 heteroatoms. The smallest absolute Gasteiger partial charge is 0.234 e. The standard InChI is InChI=1S/C44H51BrF3N9O5S/c1-4-27-23-36(51-44-49-25-31(45)42(53-44)50-35-7-6-32(46)29-12-16-57(41(29)35)63(3,60)61)38(62-2)24-37(27)56-14-10-28(11-15-56)55-19-17-54(18-20-55)13-9-26-21-33(47)40(34(48)22-26)30-5-8-39(58)52-43(30)59/h6-7,21-25,28,30H,4-5,8-20H2,1-3H3,(H,52,58,59)(H2,49,50,51,53). The van der Waals surface area contributed by atoms with Crippen molar-refractivity contribution in [3.05, 3.63) is 86.8 Å². The van der Waals surface area contributed by atoms with Crippen LogP contribution in [-0.2, 0) is 38.9 Å². The number of hydrogen-bond acceptors (Lipinski definition) is 12. The highest BCUT2D eigenvalue weighted by molar-refractivity contribution is 9.10. The molecular weight excluding hydrogens is 904 g/mol. The molecule has 1 unspecified atom stereocenters. The number of amides is 2. The lowest BCUT2D eigenvalue weighted by Gasteiger charge is -2.43. The van der Waals surface area contributed by atoms with Gasteiger partial charge in [0, 0.05) is 93.9 Å². The first kappa shape index (κ1) is 44.6. The van der Waals surface area contributed by atoms with Crippen molar-refractivity contribution in [2.24, 2.45) is 0 Å². The third-order valence-corrected chi connectivity index (χ3v) is 14.4. The van der Waals surface area contributed by atoms with E-state index < -0.39 is 45.2 Å². The molecule has 4 aliphatic rings. The van der Waals surface area contributed by atoms with Crippen molar-refractivity contribution in [2.45, 2.75) is 63.8 Å². The van der Waals surface area contributed by atoms with Crippen molar-refractivity contribution < 1.29 is 35.9 Å². The number of sulfonamides is 1. The van der Waals surface area contributed by atoms with Gasteiger partial charge in [-0.1, -0.05) is 6.92 Å². The summed E-state index contributed by atoms with van der Waals surface area (Å²) in [5, 5.41) is 8.69. The van der Waals surface area contributed by atoms with Crippen LogP contribution in [0.5, 0.6) is 5.75 Å². The number of rotatable bonds is 13. The van der Waals surface area contributed by atoms with Gasteiger partial charge < -0.3 is 25.2 Å². The number of piperazine rings is 1. The number of aromatic nitrogens is 2. The third-order valence-electron chi connectivity index (χ3n) is 12.6. The summed E-state index contributed by atoms with van der Waals surface area (Å²) in [6, 6.07) is 10.0. The van der Waals surface area contributed by atoms with Crippen LogP contribution in [0.1, 0.15) is 60.8 Å². The van der Waals surface area contributed by atoms with Gasteiger partial charge in [0.15, 0.2) is 0 Å². The minimum Gasteiger partial charge on any atom is -0.494 e. The Bertz CT molecular complexity index is 2500. The Morgan fingerprint density at radius 1 is 0.905 bits per heavy atom. The van der Waals surface area contributed by atoms with E-state index in [1.165, 1.54) is 28.6 Å². The number of anilines is 6. The Morgan fingerprint density at radius 3 is 2.30 bits per heavy atom. The molecule has 3 fully saturated rings. The van der Waals surface area contributed by atoms with E-state index in [0.29, 0.717) is 57.5 Å². The van der Waals surface area contributed by atoms with E-state index in [0.717, 1.165) is 76.0 Å². The van der Waals surface area contributed by atoms with Crippen molar-refractivity contribution in [1.82, 2.24) is 25.1 Å². The SMILES string of the molecule is CCc1cc(Nc2ncc(Br)c(Nc3ccc(F)c4c3N(S(C)(=O)=O)CC4)n2)c(OC)cc1N1CCC(N2CCN(CCc3cc(F)c(C4CCC(=O)NC4=O)c(F)c3)CC2)CC1. The number of piperidine rings is 2. The fourth-order valence-electron chi connectivity index (χ4n) is 9.31. The summed E-state index contributed by atoms with van der Waals surface area (Å²) in [4.78, 5) is 40.2. The zero-order chi connectivity index (χ0) is 44.6. The summed E-state index contributed by atoms with van der Waals surface area (Å²) >= 11 is 3.50. The van der Waals surface area contributed by atoms with E-state index >= 15 is 8.78 Å². The molecule has 0 saturated carbocycles. The van der Waals surface area contributed by atoms with E-state index in [-0.39, 0.29) is 43.0 Å². The zero-order valence-electron chi connectivity index (χ0n) is 35.4. The first-order valence-corrected chi connectivity index (χ1v) is 23.9. The van der Waals surface area contributed by atoms with Gasteiger partial charge in [-0.3, -0.25) is 24.1 Å². The maximum absolute atomic E-state index is 15.1. The van der Waals surface area contributed by atoms with E-state index in [1.807, 2.05) is 0 Å². The lowest BCUT2D eigenvalue weighted by atomic mass is 9.89. The second-order valence-electron chi connectivity index (χ2n) is 16.5. The van der Waals surface area contributed by atoms with Gasteiger partial charge >= 0.3 is 0 Å². The minimum absolute atomic E-state index is 0.0554. The van der Waals surface area contributed by atoms with Crippen LogP contribution in [0.2, 0.25) is 0 Å². The Hall–Kier alpha value is -4.98. The molecule has 1 aromatic heterocycles. The van der Waals surface area contributed by atoms with Crippen LogP contribution < -0.4 is 29.9 Å². The largest absolute Gasteiger partial charge is 0.494 e. The Labute approximate surface area is 373 Å². The number of aryl methyl sites for hydroxylation is 1. The maximum atomic E-state index is 15.1. The monoisotopic (exact) mass is 953 g/mol. The molecule has 14 nitrogen and oxygen atoms in total. The number of ether oxygens (including phenoxy) is 1. The summed E-state index contributed by atoms with van der Waals surface area (Å²) < 4.78 is 77.7. The van der Waals surface area contributed by atoms with Gasteiger partial charge in [-0.05, 0) is 95.9 Å². The number of methoxy groups -OCH3 is 1. The van der Waals surface area contributed by atoms with Gasteiger partial charge in [0.1, 0.15) is 29.0 Å². The molecule has 3 saturated heterocycles. The number of hydrogen-bond donors (Lipinski definition) is 3.